The van der Waals surface area contributed by atoms with Crippen molar-refractivity contribution in [2.24, 2.45) is 5.92 Å². The molecule has 4 aromatic rings. The van der Waals surface area contributed by atoms with Crippen LogP contribution in [-0.2, 0) is 4.79 Å². The van der Waals surface area contributed by atoms with Crippen molar-refractivity contribution in [3.8, 4) is 29.0 Å². The molecule has 4 heterocycles. The Bertz CT molecular complexity index is 1420. The van der Waals surface area contributed by atoms with Crippen LogP contribution in [0.2, 0.25) is 0 Å². The monoisotopic (exact) mass is 495 g/mol. The zero-order chi connectivity index (χ0) is 24.5. The number of benzene rings is 1. The SMILES string of the molecule is Cc1sc(NC(=O)C2CCN(c3oc(-c4ccco4)nc3C#N)CC2)nc1-c1ccc(F)c(F)c1. The Morgan fingerprint density at radius 1 is 1.23 bits per heavy atom. The summed E-state index contributed by atoms with van der Waals surface area (Å²) in [6, 6.07) is 9.06. The number of nitrogens with one attached hydrogen (secondary N) is 1. The number of aromatic nitrogens is 2. The summed E-state index contributed by atoms with van der Waals surface area (Å²) in [6.07, 6.45) is 2.60. The van der Waals surface area contributed by atoms with E-state index in [9.17, 15) is 18.8 Å². The lowest BCUT2D eigenvalue weighted by Crippen LogP contribution is -2.38. The summed E-state index contributed by atoms with van der Waals surface area (Å²) in [5.41, 5.74) is 1.11. The van der Waals surface area contributed by atoms with Gasteiger partial charge in [0.05, 0.1) is 12.0 Å². The van der Waals surface area contributed by atoms with Gasteiger partial charge in [-0.3, -0.25) is 4.79 Å². The summed E-state index contributed by atoms with van der Waals surface area (Å²) in [5.74, 6) is -1.25. The molecule has 1 saturated heterocycles. The lowest BCUT2D eigenvalue weighted by Gasteiger charge is -2.30. The highest BCUT2D eigenvalue weighted by Crippen LogP contribution is 2.33. The number of piperidine rings is 1. The van der Waals surface area contributed by atoms with Gasteiger partial charge < -0.3 is 19.1 Å². The Balaban J connectivity index is 1.23. The molecule has 3 aromatic heterocycles. The summed E-state index contributed by atoms with van der Waals surface area (Å²) >= 11 is 1.28. The van der Waals surface area contributed by atoms with E-state index >= 15 is 0 Å². The summed E-state index contributed by atoms with van der Waals surface area (Å²) in [4.78, 5) is 24.2. The van der Waals surface area contributed by atoms with E-state index in [0.29, 0.717) is 54.0 Å². The van der Waals surface area contributed by atoms with E-state index in [1.54, 1.807) is 12.1 Å². The molecule has 1 fully saturated rings. The Morgan fingerprint density at radius 2 is 2.03 bits per heavy atom. The van der Waals surface area contributed by atoms with Crippen LogP contribution in [0.15, 0.2) is 45.4 Å². The van der Waals surface area contributed by atoms with Crippen molar-refractivity contribution >= 4 is 28.3 Å². The average molecular weight is 496 g/mol. The highest BCUT2D eigenvalue weighted by molar-refractivity contribution is 7.16. The number of amides is 1. The van der Waals surface area contributed by atoms with E-state index in [1.165, 1.54) is 23.7 Å². The van der Waals surface area contributed by atoms with Crippen molar-refractivity contribution in [3.05, 3.63) is 58.8 Å². The van der Waals surface area contributed by atoms with Crippen molar-refractivity contribution in [2.75, 3.05) is 23.3 Å². The third-order valence-electron chi connectivity index (χ3n) is 5.82. The molecule has 0 bridgehead atoms. The molecule has 8 nitrogen and oxygen atoms in total. The Kier molecular flexibility index (Phi) is 6.05. The maximum absolute atomic E-state index is 13.6. The molecule has 0 atom stereocenters. The van der Waals surface area contributed by atoms with Gasteiger partial charge in [0.2, 0.25) is 17.5 Å². The van der Waals surface area contributed by atoms with Gasteiger partial charge in [0.25, 0.3) is 5.89 Å². The summed E-state index contributed by atoms with van der Waals surface area (Å²) in [6.45, 7) is 2.83. The largest absolute Gasteiger partial charge is 0.459 e. The summed E-state index contributed by atoms with van der Waals surface area (Å²) in [7, 11) is 0. The van der Waals surface area contributed by atoms with Gasteiger partial charge in [-0.05, 0) is 50.1 Å². The van der Waals surface area contributed by atoms with E-state index in [0.717, 1.165) is 17.0 Å². The van der Waals surface area contributed by atoms with Gasteiger partial charge in [0, 0.05) is 29.4 Å². The number of carbonyl (C=O) groups is 1. The van der Waals surface area contributed by atoms with Gasteiger partial charge in [0.1, 0.15) is 6.07 Å². The van der Waals surface area contributed by atoms with Gasteiger partial charge in [-0.25, -0.2) is 13.8 Å². The van der Waals surface area contributed by atoms with Gasteiger partial charge in [-0.1, -0.05) is 0 Å². The summed E-state index contributed by atoms with van der Waals surface area (Å²) in [5, 5.41) is 12.7. The van der Waals surface area contributed by atoms with Crippen molar-refractivity contribution in [1.82, 2.24) is 9.97 Å². The van der Waals surface area contributed by atoms with Crippen LogP contribution in [0.25, 0.3) is 22.9 Å². The molecular weight excluding hydrogens is 476 g/mol. The quantitative estimate of drug-likeness (QED) is 0.396. The molecule has 1 aliphatic heterocycles. The second-order valence-electron chi connectivity index (χ2n) is 8.07. The van der Waals surface area contributed by atoms with Crippen LogP contribution in [0.3, 0.4) is 0 Å². The van der Waals surface area contributed by atoms with E-state index in [2.05, 4.69) is 21.4 Å². The second-order valence-corrected chi connectivity index (χ2v) is 9.27. The number of hydrogen-bond acceptors (Lipinski definition) is 8. The molecule has 0 unspecified atom stereocenters. The third kappa shape index (κ3) is 4.52. The standard InChI is InChI=1S/C24H19F2N5O3S/c1-13-20(15-4-5-16(25)17(26)11-15)29-24(35-13)30-21(32)14-6-8-31(9-7-14)23-18(12-27)28-22(34-23)19-3-2-10-33-19/h2-5,10-11,14H,6-9H2,1H3,(H,29,30,32). The fourth-order valence-electron chi connectivity index (χ4n) is 4.02. The highest BCUT2D eigenvalue weighted by atomic mass is 32.1. The van der Waals surface area contributed by atoms with Crippen LogP contribution in [0.1, 0.15) is 23.4 Å². The van der Waals surface area contributed by atoms with Crippen LogP contribution in [-0.4, -0.2) is 29.0 Å². The fourth-order valence-corrected chi connectivity index (χ4v) is 4.86. The Morgan fingerprint density at radius 3 is 2.71 bits per heavy atom. The number of anilines is 2. The predicted molar refractivity (Wildman–Crippen MR) is 125 cm³/mol. The molecule has 1 N–H and O–H groups in total. The number of rotatable bonds is 5. The number of aryl methyl sites for hydroxylation is 1. The van der Waals surface area contributed by atoms with Crippen LogP contribution in [0.4, 0.5) is 19.8 Å². The van der Waals surface area contributed by atoms with E-state index in [-0.39, 0.29) is 23.4 Å². The number of hydrogen-bond donors (Lipinski definition) is 1. The number of oxazole rings is 1. The molecule has 1 amide bonds. The van der Waals surface area contributed by atoms with Gasteiger partial charge in [-0.15, -0.1) is 11.3 Å². The zero-order valence-corrected chi connectivity index (χ0v) is 19.4. The van der Waals surface area contributed by atoms with Crippen molar-refractivity contribution in [2.45, 2.75) is 19.8 Å². The topological polar surface area (TPSA) is 108 Å². The minimum Gasteiger partial charge on any atom is -0.459 e. The van der Waals surface area contributed by atoms with Gasteiger partial charge in [0.15, 0.2) is 22.5 Å². The number of halogens is 2. The van der Waals surface area contributed by atoms with Crippen LogP contribution in [0.5, 0.6) is 0 Å². The fraction of sp³-hybridized carbons (Fsp3) is 0.250. The first-order chi connectivity index (χ1) is 16.9. The van der Waals surface area contributed by atoms with Crippen LogP contribution in [0, 0.1) is 35.8 Å². The predicted octanol–water partition coefficient (Wildman–Crippen LogP) is 5.37. The highest BCUT2D eigenvalue weighted by Gasteiger charge is 2.30. The number of nitrogens with zero attached hydrogens (tertiary/aromatic N) is 4. The second kappa shape index (κ2) is 9.31. The minimum atomic E-state index is -0.949. The molecular formula is C24H19F2N5O3S. The minimum absolute atomic E-state index is 0.162. The number of thiazole rings is 1. The first-order valence-corrected chi connectivity index (χ1v) is 11.7. The normalized spacial score (nSPS) is 14.2. The number of nitriles is 1. The lowest BCUT2D eigenvalue weighted by molar-refractivity contribution is -0.120. The van der Waals surface area contributed by atoms with E-state index in [4.69, 9.17) is 8.83 Å². The maximum Gasteiger partial charge on any atom is 0.266 e. The van der Waals surface area contributed by atoms with Crippen LogP contribution >= 0.6 is 11.3 Å². The smallest absolute Gasteiger partial charge is 0.266 e. The Hall–Kier alpha value is -4.04. The van der Waals surface area contributed by atoms with Gasteiger partial charge in [-0.2, -0.15) is 10.2 Å². The molecule has 1 aromatic carbocycles. The third-order valence-corrected chi connectivity index (χ3v) is 6.71. The van der Waals surface area contributed by atoms with Crippen LogP contribution < -0.4 is 10.2 Å². The molecule has 35 heavy (non-hydrogen) atoms. The number of carbonyl (C=O) groups excluding carboxylic acids is 1. The molecule has 0 radical (unpaired) electrons. The average Bonchev–Trinajstić information content (AvgIpc) is 3.60. The molecule has 11 heteroatoms. The van der Waals surface area contributed by atoms with Crippen molar-refractivity contribution < 1.29 is 22.4 Å². The molecule has 0 spiro atoms. The molecule has 5 rings (SSSR count). The number of furan rings is 1. The van der Waals surface area contributed by atoms with Crippen molar-refractivity contribution in [3.63, 3.8) is 0 Å². The lowest BCUT2D eigenvalue weighted by atomic mass is 9.96. The molecule has 0 saturated carbocycles. The molecule has 1 aliphatic rings. The maximum atomic E-state index is 13.6. The Labute approximate surface area is 202 Å². The van der Waals surface area contributed by atoms with Gasteiger partial charge >= 0.3 is 0 Å². The van der Waals surface area contributed by atoms with Crippen molar-refractivity contribution in [1.29, 1.82) is 5.26 Å². The molecule has 178 valence electrons. The summed E-state index contributed by atoms with van der Waals surface area (Å²) < 4.78 is 38.0. The molecule has 0 aliphatic carbocycles. The van der Waals surface area contributed by atoms with E-state index in [1.807, 2.05) is 11.8 Å². The van der Waals surface area contributed by atoms with E-state index < -0.39 is 11.6 Å². The first-order valence-electron chi connectivity index (χ1n) is 10.9. The zero-order valence-electron chi connectivity index (χ0n) is 18.5. The first kappa shape index (κ1) is 22.7.